The lowest BCUT2D eigenvalue weighted by Gasteiger charge is -2.27. The second kappa shape index (κ2) is 8.46. The van der Waals surface area contributed by atoms with Gasteiger partial charge in [0, 0.05) is 12.4 Å². The van der Waals surface area contributed by atoms with Crippen molar-refractivity contribution in [3.63, 3.8) is 0 Å². The summed E-state index contributed by atoms with van der Waals surface area (Å²) in [5, 5.41) is 2.90. The smallest absolute Gasteiger partial charge is 0.262 e. The van der Waals surface area contributed by atoms with Crippen LogP contribution in [0.4, 0.5) is 10.2 Å². The van der Waals surface area contributed by atoms with E-state index in [1.165, 1.54) is 54.1 Å². The number of halogens is 1. The van der Waals surface area contributed by atoms with Crippen LogP contribution in [-0.4, -0.2) is 25.4 Å². The van der Waals surface area contributed by atoms with Crippen LogP contribution in [-0.2, 0) is 4.79 Å². The van der Waals surface area contributed by atoms with Crippen LogP contribution in [0.2, 0.25) is 0 Å². The first-order chi connectivity index (χ1) is 14.1. The lowest BCUT2D eigenvalue weighted by Crippen LogP contribution is -2.35. The summed E-state index contributed by atoms with van der Waals surface area (Å²) in [6.07, 6.45) is 11.9. The van der Waals surface area contributed by atoms with Crippen molar-refractivity contribution in [1.29, 1.82) is 0 Å². The predicted octanol–water partition coefficient (Wildman–Crippen LogP) is 3.48. The van der Waals surface area contributed by atoms with E-state index >= 15 is 0 Å². The van der Waals surface area contributed by atoms with Crippen LogP contribution < -0.4 is 10.9 Å². The van der Waals surface area contributed by atoms with Gasteiger partial charge in [0.25, 0.3) is 5.56 Å². The molecule has 4 rings (SSSR count). The Morgan fingerprint density at radius 2 is 2.03 bits per heavy atom. The summed E-state index contributed by atoms with van der Waals surface area (Å²) in [5.41, 5.74) is -0.0250. The standard InChI is InChI=1S/C21H22FN5O2/c22-15-6-7-17-16(11-15)21(29)27(13-25-17)18(10-14-4-2-1-3-5-14)20(28)26-19-12-23-8-9-24-19/h6-9,11-14,18H,1-5,10H2,(H,24,26,28). The Kier molecular flexibility index (Phi) is 5.59. The Bertz CT molecular complexity index is 1060. The molecule has 0 aliphatic heterocycles. The molecule has 2 aromatic heterocycles. The van der Waals surface area contributed by atoms with Crippen molar-refractivity contribution in [2.75, 3.05) is 5.32 Å². The first-order valence-corrected chi connectivity index (χ1v) is 9.85. The highest BCUT2D eigenvalue weighted by Crippen LogP contribution is 2.31. The summed E-state index contributed by atoms with van der Waals surface area (Å²) >= 11 is 0. The van der Waals surface area contributed by atoms with Crippen LogP contribution in [0.1, 0.15) is 44.6 Å². The molecule has 150 valence electrons. The topological polar surface area (TPSA) is 89.8 Å². The zero-order valence-corrected chi connectivity index (χ0v) is 15.9. The zero-order chi connectivity index (χ0) is 20.2. The predicted molar refractivity (Wildman–Crippen MR) is 107 cm³/mol. The monoisotopic (exact) mass is 395 g/mol. The number of hydrogen-bond acceptors (Lipinski definition) is 5. The molecule has 0 spiro atoms. The Balaban J connectivity index is 1.71. The molecule has 1 unspecified atom stereocenters. The summed E-state index contributed by atoms with van der Waals surface area (Å²) in [7, 11) is 0. The second-order valence-corrected chi connectivity index (χ2v) is 7.45. The quantitative estimate of drug-likeness (QED) is 0.714. The molecule has 1 atom stereocenters. The number of hydrogen-bond donors (Lipinski definition) is 1. The Hall–Kier alpha value is -3.16. The van der Waals surface area contributed by atoms with Gasteiger partial charge in [0.1, 0.15) is 11.9 Å². The van der Waals surface area contributed by atoms with Gasteiger partial charge in [0.15, 0.2) is 5.82 Å². The van der Waals surface area contributed by atoms with E-state index in [1.54, 1.807) is 0 Å². The number of aromatic nitrogens is 4. The van der Waals surface area contributed by atoms with Gasteiger partial charge in [0.2, 0.25) is 5.91 Å². The summed E-state index contributed by atoms with van der Waals surface area (Å²) in [6.45, 7) is 0. The molecule has 0 saturated heterocycles. The molecule has 1 aliphatic rings. The highest BCUT2D eigenvalue weighted by atomic mass is 19.1. The molecule has 0 bridgehead atoms. The number of fused-ring (bicyclic) bond motifs is 1. The molecular weight excluding hydrogens is 373 g/mol. The van der Waals surface area contributed by atoms with Crippen LogP contribution >= 0.6 is 0 Å². The van der Waals surface area contributed by atoms with Crippen molar-refractivity contribution in [2.45, 2.75) is 44.6 Å². The van der Waals surface area contributed by atoms with Crippen LogP contribution in [0.15, 0.2) is 47.9 Å². The third kappa shape index (κ3) is 4.31. The number of benzene rings is 1. The van der Waals surface area contributed by atoms with Crippen LogP contribution in [0.3, 0.4) is 0 Å². The molecule has 0 radical (unpaired) electrons. The van der Waals surface area contributed by atoms with E-state index in [0.717, 1.165) is 25.7 Å². The molecule has 1 aromatic carbocycles. The molecule has 2 heterocycles. The summed E-state index contributed by atoms with van der Waals surface area (Å²) in [6, 6.07) is 3.14. The number of rotatable bonds is 5. The SMILES string of the molecule is O=C(Nc1cnccn1)C(CC1CCCCC1)n1cnc2ccc(F)cc2c1=O. The number of nitrogens with one attached hydrogen (secondary N) is 1. The fourth-order valence-electron chi connectivity index (χ4n) is 3.99. The molecule has 1 aliphatic carbocycles. The van der Waals surface area contributed by atoms with Crippen LogP contribution in [0.25, 0.3) is 10.9 Å². The summed E-state index contributed by atoms with van der Waals surface area (Å²) < 4.78 is 15.0. The normalized spacial score (nSPS) is 15.9. The van der Waals surface area contributed by atoms with Crippen LogP contribution in [0.5, 0.6) is 0 Å². The zero-order valence-electron chi connectivity index (χ0n) is 15.9. The molecule has 29 heavy (non-hydrogen) atoms. The van der Waals surface area contributed by atoms with E-state index < -0.39 is 17.4 Å². The van der Waals surface area contributed by atoms with Crippen molar-refractivity contribution in [2.24, 2.45) is 5.92 Å². The van der Waals surface area contributed by atoms with Gasteiger partial charge >= 0.3 is 0 Å². The molecule has 7 nitrogen and oxygen atoms in total. The van der Waals surface area contributed by atoms with Gasteiger partial charge in [-0.25, -0.2) is 14.4 Å². The number of amides is 1. The maximum atomic E-state index is 13.7. The maximum absolute atomic E-state index is 13.7. The number of carbonyl (C=O) groups excluding carboxylic acids is 1. The van der Waals surface area contributed by atoms with E-state index in [2.05, 4.69) is 20.3 Å². The first kappa shape index (κ1) is 19.2. The molecule has 3 aromatic rings. The van der Waals surface area contributed by atoms with Crippen molar-refractivity contribution >= 4 is 22.6 Å². The van der Waals surface area contributed by atoms with Gasteiger partial charge in [-0.3, -0.25) is 19.1 Å². The number of nitrogens with zero attached hydrogens (tertiary/aromatic N) is 4. The van der Waals surface area contributed by atoms with E-state index in [-0.39, 0.29) is 11.3 Å². The molecule has 1 fully saturated rings. The lowest BCUT2D eigenvalue weighted by atomic mass is 9.84. The van der Waals surface area contributed by atoms with Crippen LogP contribution in [0, 0.1) is 11.7 Å². The van der Waals surface area contributed by atoms with Gasteiger partial charge < -0.3 is 5.32 Å². The average molecular weight is 395 g/mol. The Labute approximate surface area is 167 Å². The molecular formula is C21H22FN5O2. The second-order valence-electron chi connectivity index (χ2n) is 7.45. The highest BCUT2D eigenvalue weighted by Gasteiger charge is 2.27. The van der Waals surface area contributed by atoms with E-state index in [4.69, 9.17) is 0 Å². The summed E-state index contributed by atoms with van der Waals surface area (Å²) in [4.78, 5) is 38.5. The van der Waals surface area contributed by atoms with E-state index in [9.17, 15) is 14.0 Å². The Morgan fingerprint density at radius 1 is 1.21 bits per heavy atom. The molecule has 1 saturated carbocycles. The average Bonchev–Trinajstić information content (AvgIpc) is 2.74. The third-order valence-corrected chi connectivity index (χ3v) is 5.48. The fourth-order valence-corrected chi connectivity index (χ4v) is 3.99. The lowest BCUT2D eigenvalue weighted by molar-refractivity contribution is -0.120. The van der Waals surface area contributed by atoms with Crippen molar-refractivity contribution in [3.05, 3.63) is 59.3 Å². The third-order valence-electron chi connectivity index (χ3n) is 5.48. The largest absolute Gasteiger partial charge is 0.308 e. The van der Waals surface area contributed by atoms with Gasteiger partial charge in [-0.15, -0.1) is 0 Å². The minimum absolute atomic E-state index is 0.161. The van der Waals surface area contributed by atoms with Gasteiger partial charge in [-0.05, 0) is 30.5 Å². The fraction of sp³-hybridized carbons (Fsp3) is 0.381. The van der Waals surface area contributed by atoms with Gasteiger partial charge in [0.05, 0.1) is 23.4 Å². The minimum Gasteiger partial charge on any atom is -0.308 e. The van der Waals surface area contributed by atoms with Crippen molar-refractivity contribution in [3.8, 4) is 0 Å². The highest BCUT2D eigenvalue weighted by molar-refractivity contribution is 5.93. The van der Waals surface area contributed by atoms with Crippen molar-refractivity contribution < 1.29 is 9.18 Å². The van der Waals surface area contributed by atoms with Gasteiger partial charge in [-0.2, -0.15) is 0 Å². The minimum atomic E-state index is -0.757. The van der Waals surface area contributed by atoms with E-state index in [1.807, 2.05) is 0 Å². The maximum Gasteiger partial charge on any atom is 0.262 e. The van der Waals surface area contributed by atoms with Crippen molar-refractivity contribution in [1.82, 2.24) is 19.5 Å². The summed E-state index contributed by atoms with van der Waals surface area (Å²) in [5.74, 6) is -0.201. The molecule has 1 amide bonds. The number of anilines is 1. The molecule has 8 heteroatoms. The first-order valence-electron chi connectivity index (χ1n) is 9.85. The van der Waals surface area contributed by atoms with Gasteiger partial charge in [-0.1, -0.05) is 32.1 Å². The molecule has 1 N–H and O–H groups in total. The van der Waals surface area contributed by atoms with E-state index in [0.29, 0.717) is 23.7 Å². The number of carbonyl (C=O) groups is 1. The Morgan fingerprint density at radius 3 is 2.79 bits per heavy atom.